The van der Waals surface area contributed by atoms with Gasteiger partial charge < -0.3 is 43.1 Å². The second-order valence-corrected chi connectivity index (χ2v) is 10.1. The maximum absolute atomic E-state index is 13.5. The lowest BCUT2D eigenvalue weighted by Crippen LogP contribution is -2.02. The first-order valence-electron chi connectivity index (χ1n) is 12.4. The van der Waals surface area contributed by atoms with E-state index in [0.29, 0.717) is 5.39 Å². The molecule has 0 aliphatic rings. The SMILES string of the molecule is COc1cc2c(cc1O)oc(=O)c1c2c(Oc2c(Cl)c(Cl)c(O)c(C#N)c2C#N)c2c3cc(OC)c(OC)c(O)c3ccn21. The van der Waals surface area contributed by atoms with Crippen molar-refractivity contribution in [3.05, 3.63) is 62.1 Å². The average molecular weight is 634 g/mol. The van der Waals surface area contributed by atoms with Crippen LogP contribution in [0, 0.1) is 22.7 Å². The van der Waals surface area contributed by atoms with Crippen molar-refractivity contribution in [3.63, 3.8) is 0 Å². The minimum atomic E-state index is -0.834. The normalized spacial score (nSPS) is 11.2. The van der Waals surface area contributed by atoms with E-state index in [0.717, 1.165) is 0 Å². The molecule has 220 valence electrons. The number of hydrogen-bond acceptors (Lipinski definition) is 11. The highest BCUT2D eigenvalue weighted by Crippen LogP contribution is 2.51. The van der Waals surface area contributed by atoms with E-state index < -0.39 is 38.3 Å². The van der Waals surface area contributed by atoms with Crippen LogP contribution in [0.5, 0.6) is 46.0 Å². The molecule has 12 nitrogen and oxygen atoms in total. The monoisotopic (exact) mass is 633 g/mol. The zero-order valence-corrected chi connectivity index (χ0v) is 24.3. The second-order valence-electron chi connectivity index (χ2n) is 9.30. The van der Waals surface area contributed by atoms with Crippen LogP contribution in [0.1, 0.15) is 11.1 Å². The molecule has 6 rings (SSSR count). The average Bonchev–Trinajstić information content (AvgIpc) is 3.35. The third kappa shape index (κ3) is 3.79. The van der Waals surface area contributed by atoms with E-state index >= 15 is 0 Å². The van der Waals surface area contributed by atoms with E-state index in [4.69, 9.17) is 46.6 Å². The molecular weight excluding hydrogens is 617 g/mol. The number of nitrogens with zero attached hydrogens (tertiary/aromatic N) is 3. The van der Waals surface area contributed by atoms with Gasteiger partial charge in [0, 0.05) is 28.4 Å². The highest BCUT2D eigenvalue weighted by Gasteiger charge is 2.30. The number of aromatic nitrogens is 1. The van der Waals surface area contributed by atoms with Crippen LogP contribution in [-0.2, 0) is 0 Å². The van der Waals surface area contributed by atoms with E-state index in [9.17, 15) is 30.6 Å². The summed E-state index contributed by atoms with van der Waals surface area (Å²) in [6.07, 6.45) is 1.48. The maximum atomic E-state index is 13.5. The number of phenols is 3. The van der Waals surface area contributed by atoms with Gasteiger partial charge in [0.25, 0.3) is 0 Å². The van der Waals surface area contributed by atoms with Gasteiger partial charge in [-0.25, -0.2) is 4.79 Å². The Labute approximate surface area is 256 Å². The summed E-state index contributed by atoms with van der Waals surface area (Å²) in [6, 6.07) is 9.23. The third-order valence-corrected chi connectivity index (χ3v) is 8.00. The van der Waals surface area contributed by atoms with Crippen LogP contribution in [0.2, 0.25) is 10.0 Å². The first-order chi connectivity index (χ1) is 21.1. The molecule has 0 spiro atoms. The summed E-state index contributed by atoms with van der Waals surface area (Å²) in [5.74, 6) is -1.55. The van der Waals surface area contributed by atoms with Crippen LogP contribution in [0.15, 0.2) is 39.7 Å². The Bertz CT molecular complexity index is 2380. The number of rotatable bonds is 5. The number of halogens is 2. The molecule has 0 bridgehead atoms. The first-order valence-corrected chi connectivity index (χ1v) is 13.2. The second kappa shape index (κ2) is 10.2. The van der Waals surface area contributed by atoms with Gasteiger partial charge in [-0.3, -0.25) is 0 Å². The summed E-state index contributed by atoms with van der Waals surface area (Å²) in [7, 11) is 4.06. The lowest BCUT2D eigenvalue weighted by Gasteiger charge is -2.15. The Kier molecular flexibility index (Phi) is 6.62. The van der Waals surface area contributed by atoms with Crippen molar-refractivity contribution in [1.29, 1.82) is 10.5 Å². The van der Waals surface area contributed by atoms with Crippen molar-refractivity contribution in [1.82, 2.24) is 4.40 Å². The molecule has 0 aliphatic carbocycles. The lowest BCUT2D eigenvalue weighted by molar-refractivity contribution is 0.335. The maximum Gasteiger partial charge on any atom is 0.361 e. The quantitative estimate of drug-likeness (QED) is 0.180. The summed E-state index contributed by atoms with van der Waals surface area (Å²) in [6.45, 7) is 0. The number of fused-ring (bicyclic) bond motifs is 7. The fraction of sp³-hybridized carbons (Fsp3) is 0.100. The summed E-state index contributed by atoms with van der Waals surface area (Å²) < 4.78 is 29.5. The number of aromatic hydroxyl groups is 3. The third-order valence-electron chi connectivity index (χ3n) is 7.18. The molecule has 3 aromatic heterocycles. The zero-order valence-electron chi connectivity index (χ0n) is 22.8. The van der Waals surface area contributed by atoms with Gasteiger partial charge in [0.1, 0.15) is 44.4 Å². The van der Waals surface area contributed by atoms with Crippen molar-refractivity contribution in [3.8, 4) is 58.1 Å². The predicted molar refractivity (Wildman–Crippen MR) is 159 cm³/mol. The summed E-state index contributed by atoms with van der Waals surface area (Å²) in [5, 5.41) is 51.8. The van der Waals surface area contributed by atoms with E-state index in [1.807, 2.05) is 6.07 Å². The molecule has 3 heterocycles. The highest BCUT2D eigenvalue weighted by molar-refractivity contribution is 6.44. The molecule has 0 atom stereocenters. The Morgan fingerprint density at radius 1 is 0.795 bits per heavy atom. The molecule has 0 radical (unpaired) electrons. The standard InChI is InChI=1S/C30H17Cl2N3O9/c1-40-18-7-13-17(8-16(18)36)43-30(39)24-20(13)29(44-27-15(10-34)14(9-33)25(37)21(31)22(27)32)23-12-6-19(41-2)28(42-3)26(38)11(12)4-5-35(23)24/h4-8,36-38H,1-3H3. The van der Waals surface area contributed by atoms with Gasteiger partial charge in [0.2, 0.25) is 5.75 Å². The highest BCUT2D eigenvalue weighted by atomic mass is 35.5. The van der Waals surface area contributed by atoms with E-state index in [1.165, 1.54) is 50.1 Å². The van der Waals surface area contributed by atoms with Crippen molar-refractivity contribution in [2.45, 2.75) is 0 Å². The fourth-order valence-electron chi connectivity index (χ4n) is 5.23. The number of pyridine rings is 1. The van der Waals surface area contributed by atoms with Gasteiger partial charge in [-0.1, -0.05) is 23.2 Å². The zero-order chi connectivity index (χ0) is 31.6. The summed E-state index contributed by atoms with van der Waals surface area (Å²) in [5.41, 5.74) is -1.67. The minimum absolute atomic E-state index is 0.0357. The fourth-order valence-corrected chi connectivity index (χ4v) is 5.63. The molecule has 0 saturated carbocycles. The van der Waals surface area contributed by atoms with E-state index in [1.54, 1.807) is 12.1 Å². The topological polar surface area (TPSA) is 180 Å². The molecule has 0 aliphatic heterocycles. The smallest absolute Gasteiger partial charge is 0.361 e. The van der Waals surface area contributed by atoms with Gasteiger partial charge in [-0.2, -0.15) is 10.5 Å². The number of phenolic OH excluding ortho intramolecular Hbond substituents is 3. The molecule has 3 N–H and O–H groups in total. The predicted octanol–water partition coefficient (Wildman–Crippen LogP) is 6.34. The Morgan fingerprint density at radius 2 is 1.48 bits per heavy atom. The molecule has 0 unspecified atom stereocenters. The van der Waals surface area contributed by atoms with Crippen molar-refractivity contribution in [2.24, 2.45) is 0 Å². The van der Waals surface area contributed by atoms with Crippen molar-refractivity contribution < 1.29 is 38.7 Å². The van der Waals surface area contributed by atoms with Crippen LogP contribution in [-0.4, -0.2) is 41.0 Å². The van der Waals surface area contributed by atoms with E-state index in [2.05, 4.69) is 0 Å². The molecule has 0 saturated heterocycles. The molecule has 6 aromatic rings. The molecule has 44 heavy (non-hydrogen) atoms. The Hall–Kier alpha value is -5.69. The Morgan fingerprint density at radius 3 is 2.11 bits per heavy atom. The Balaban J connectivity index is 1.90. The lowest BCUT2D eigenvalue weighted by atomic mass is 10.1. The van der Waals surface area contributed by atoms with Crippen LogP contribution < -0.4 is 24.6 Å². The van der Waals surface area contributed by atoms with Gasteiger partial charge in [0.05, 0.1) is 32.2 Å². The number of hydrogen-bond donors (Lipinski definition) is 3. The largest absolute Gasteiger partial charge is 0.505 e. The van der Waals surface area contributed by atoms with Gasteiger partial charge in [-0.15, -0.1) is 0 Å². The van der Waals surface area contributed by atoms with Crippen LogP contribution in [0.3, 0.4) is 0 Å². The molecule has 0 fully saturated rings. The summed E-state index contributed by atoms with van der Waals surface area (Å²) >= 11 is 12.7. The van der Waals surface area contributed by atoms with Crippen LogP contribution >= 0.6 is 23.2 Å². The van der Waals surface area contributed by atoms with E-state index in [-0.39, 0.29) is 67.3 Å². The summed E-state index contributed by atoms with van der Waals surface area (Å²) in [4.78, 5) is 13.5. The van der Waals surface area contributed by atoms with Crippen LogP contribution in [0.4, 0.5) is 0 Å². The molecule has 3 aromatic carbocycles. The van der Waals surface area contributed by atoms with Gasteiger partial charge in [0.15, 0.2) is 40.2 Å². The molecular formula is C30H17Cl2N3O9. The minimum Gasteiger partial charge on any atom is -0.505 e. The number of nitriles is 2. The number of benzene rings is 3. The number of ether oxygens (including phenoxy) is 4. The number of methoxy groups -OCH3 is 3. The van der Waals surface area contributed by atoms with Gasteiger partial charge in [-0.05, 0) is 18.2 Å². The van der Waals surface area contributed by atoms with Crippen LogP contribution in [0.25, 0.3) is 38.2 Å². The first kappa shape index (κ1) is 28.4. The van der Waals surface area contributed by atoms with Gasteiger partial charge >= 0.3 is 5.63 Å². The van der Waals surface area contributed by atoms with Crippen molar-refractivity contribution >= 4 is 61.4 Å². The molecule has 0 amide bonds. The molecule has 14 heteroatoms. The van der Waals surface area contributed by atoms with Crippen molar-refractivity contribution in [2.75, 3.05) is 21.3 Å².